The van der Waals surface area contributed by atoms with Crippen molar-refractivity contribution in [2.45, 2.75) is 96.4 Å². The Kier molecular flexibility index (Phi) is 6.17. The van der Waals surface area contributed by atoms with Crippen molar-refractivity contribution in [3.8, 4) is 0 Å². The Bertz CT molecular complexity index is 370. The fourth-order valence-electron chi connectivity index (χ4n) is 2.12. The van der Waals surface area contributed by atoms with Gasteiger partial charge in [0.1, 0.15) is 0 Å². The maximum absolute atomic E-state index is 6.52. The Hall–Kier alpha value is 0.314. The minimum absolute atomic E-state index is 0.280. The summed E-state index contributed by atoms with van der Waals surface area (Å²) in [6.07, 6.45) is 1.44. The topological polar surface area (TPSA) is 30.5 Å². The monoisotopic (exact) mass is 345 g/mol. The molecule has 0 amide bonds. The summed E-state index contributed by atoms with van der Waals surface area (Å²) in [5, 5.41) is 4.16. The minimum Gasteiger partial charge on any atom is -0.415 e. The van der Waals surface area contributed by atoms with Crippen molar-refractivity contribution in [3.05, 3.63) is 0 Å². The molecule has 1 rings (SSSR count). The second kappa shape index (κ2) is 6.67. The zero-order valence-corrected chi connectivity index (χ0v) is 18.6. The molecule has 1 saturated heterocycles. The van der Waals surface area contributed by atoms with Gasteiger partial charge in [0.15, 0.2) is 16.6 Å². The Balaban J connectivity index is 2.48. The van der Waals surface area contributed by atoms with E-state index >= 15 is 0 Å². The summed E-state index contributed by atoms with van der Waals surface area (Å²) in [6, 6.07) is 0.448. The van der Waals surface area contributed by atoms with Crippen molar-refractivity contribution in [1.29, 1.82) is 0 Å². The molecular formula is C17H39NO2Si2. The molecule has 0 spiro atoms. The van der Waals surface area contributed by atoms with E-state index in [1.165, 1.54) is 0 Å². The molecule has 1 N–H and O–H groups in total. The van der Waals surface area contributed by atoms with Crippen LogP contribution in [0.5, 0.6) is 0 Å². The second-order valence-corrected chi connectivity index (χ2v) is 19.5. The molecule has 0 radical (unpaired) electrons. The van der Waals surface area contributed by atoms with Gasteiger partial charge >= 0.3 is 0 Å². The molecule has 0 saturated carbocycles. The van der Waals surface area contributed by atoms with Crippen molar-refractivity contribution in [2.75, 3.05) is 13.2 Å². The van der Waals surface area contributed by atoms with Crippen molar-refractivity contribution in [1.82, 2.24) is 5.32 Å². The molecule has 0 aromatic heterocycles. The van der Waals surface area contributed by atoms with Gasteiger partial charge in [-0.2, -0.15) is 0 Å². The average Bonchev–Trinajstić information content (AvgIpc) is 2.70. The lowest BCUT2D eigenvalue weighted by atomic mass is 10.2. The summed E-state index contributed by atoms with van der Waals surface area (Å²) < 4.78 is 12.9. The molecule has 0 bridgehead atoms. The van der Waals surface area contributed by atoms with Crippen LogP contribution in [0, 0.1) is 0 Å². The molecule has 132 valence electrons. The largest absolute Gasteiger partial charge is 0.415 e. The van der Waals surface area contributed by atoms with Crippen LogP contribution in [0.25, 0.3) is 0 Å². The lowest BCUT2D eigenvalue weighted by Gasteiger charge is -2.38. The normalized spacial score (nSPS) is 24.8. The fourth-order valence-corrected chi connectivity index (χ4v) is 4.54. The molecule has 0 aromatic carbocycles. The second-order valence-electron chi connectivity index (χ2n) is 9.91. The van der Waals surface area contributed by atoms with E-state index in [-0.39, 0.29) is 10.1 Å². The first-order valence-corrected chi connectivity index (χ1v) is 14.5. The fraction of sp³-hybridized carbons (Fsp3) is 1.00. The molecule has 2 atom stereocenters. The van der Waals surface area contributed by atoms with E-state index in [1.807, 2.05) is 0 Å². The lowest BCUT2D eigenvalue weighted by molar-refractivity contribution is 0.189. The molecule has 0 unspecified atom stereocenters. The maximum atomic E-state index is 6.52. The highest BCUT2D eigenvalue weighted by Gasteiger charge is 2.42. The molecule has 1 fully saturated rings. The van der Waals surface area contributed by atoms with E-state index in [9.17, 15) is 0 Å². The first kappa shape index (κ1) is 20.4. The van der Waals surface area contributed by atoms with E-state index in [2.05, 4.69) is 73.0 Å². The highest BCUT2D eigenvalue weighted by molar-refractivity contribution is 6.74. The molecule has 1 aliphatic heterocycles. The number of hydrogen-bond acceptors (Lipinski definition) is 3. The lowest BCUT2D eigenvalue weighted by Crippen LogP contribution is -2.44. The van der Waals surface area contributed by atoms with Gasteiger partial charge in [-0.25, -0.2) is 0 Å². The molecule has 0 aliphatic carbocycles. The molecule has 1 heterocycles. The zero-order chi connectivity index (χ0) is 17.4. The van der Waals surface area contributed by atoms with E-state index in [1.54, 1.807) is 0 Å². The van der Waals surface area contributed by atoms with Gasteiger partial charge in [-0.05, 0) is 42.7 Å². The van der Waals surface area contributed by atoms with Gasteiger partial charge < -0.3 is 14.2 Å². The molecule has 5 heteroatoms. The Labute approximate surface area is 140 Å². The van der Waals surface area contributed by atoms with Crippen molar-refractivity contribution >= 4 is 16.6 Å². The molecule has 0 aromatic rings. The smallest absolute Gasteiger partial charge is 0.192 e. The Morgan fingerprint density at radius 3 is 1.86 bits per heavy atom. The first-order valence-electron chi connectivity index (χ1n) is 8.71. The maximum Gasteiger partial charge on any atom is 0.192 e. The summed E-state index contributed by atoms with van der Waals surface area (Å²) in [5.74, 6) is 0. The van der Waals surface area contributed by atoms with Crippen LogP contribution in [0.4, 0.5) is 0 Å². The van der Waals surface area contributed by atoms with Crippen LogP contribution in [-0.4, -0.2) is 41.9 Å². The predicted octanol–water partition coefficient (Wildman–Crippen LogP) is 4.76. The Morgan fingerprint density at radius 1 is 0.909 bits per heavy atom. The van der Waals surface area contributed by atoms with Crippen molar-refractivity contribution in [2.24, 2.45) is 0 Å². The Morgan fingerprint density at radius 2 is 1.41 bits per heavy atom. The van der Waals surface area contributed by atoms with Gasteiger partial charge in [0, 0.05) is 19.2 Å². The van der Waals surface area contributed by atoms with Crippen molar-refractivity contribution in [3.63, 3.8) is 0 Å². The van der Waals surface area contributed by atoms with E-state index in [0.29, 0.717) is 12.1 Å². The van der Waals surface area contributed by atoms with Crippen LogP contribution in [0.1, 0.15) is 48.0 Å². The standard InChI is InChI=1S/C17H39NO2Si2/c1-16(2,3)21(7,8)19-13-14-11-15(12-18-14)20-22(9,10)17(4,5)6/h14-15,18H,11-13H2,1-10H3/t14-,15+/m0/s1. The average molecular weight is 346 g/mol. The molecule has 3 nitrogen and oxygen atoms in total. The third-order valence-corrected chi connectivity index (χ3v) is 14.9. The summed E-state index contributed by atoms with van der Waals surface area (Å²) in [6.45, 7) is 24.9. The quantitative estimate of drug-likeness (QED) is 0.729. The summed E-state index contributed by atoms with van der Waals surface area (Å²) in [4.78, 5) is 0. The van der Waals surface area contributed by atoms with Crippen LogP contribution in [0.3, 0.4) is 0 Å². The third-order valence-electron chi connectivity index (χ3n) is 5.90. The van der Waals surface area contributed by atoms with Gasteiger partial charge in [0.05, 0.1) is 6.10 Å². The van der Waals surface area contributed by atoms with Crippen LogP contribution in [0.15, 0.2) is 0 Å². The van der Waals surface area contributed by atoms with Gasteiger partial charge in [0.25, 0.3) is 0 Å². The summed E-state index contributed by atoms with van der Waals surface area (Å²) in [7, 11) is -3.30. The van der Waals surface area contributed by atoms with Gasteiger partial charge in [-0.3, -0.25) is 0 Å². The van der Waals surface area contributed by atoms with E-state index in [4.69, 9.17) is 8.85 Å². The number of rotatable bonds is 5. The van der Waals surface area contributed by atoms with Gasteiger partial charge in [0.2, 0.25) is 0 Å². The van der Waals surface area contributed by atoms with Crippen LogP contribution in [0.2, 0.25) is 36.3 Å². The summed E-state index contributed by atoms with van der Waals surface area (Å²) >= 11 is 0. The third kappa shape index (κ3) is 5.16. The highest BCUT2D eigenvalue weighted by Crippen LogP contribution is 2.39. The van der Waals surface area contributed by atoms with Crippen LogP contribution >= 0.6 is 0 Å². The SMILES string of the molecule is CC(C)(C)[Si](C)(C)OC[C@@H]1C[C@@H](O[Si](C)(C)C(C)(C)C)CN1. The van der Waals surface area contributed by atoms with Gasteiger partial charge in [-0.15, -0.1) is 0 Å². The molecular weight excluding hydrogens is 306 g/mol. The first-order chi connectivity index (χ1) is 9.66. The molecule has 1 aliphatic rings. The van der Waals surface area contributed by atoms with Crippen LogP contribution < -0.4 is 5.32 Å². The molecule has 22 heavy (non-hydrogen) atoms. The van der Waals surface area contributed by atoms with E-state index < -0.39 is 16.6 Å². The number of nitrogens with one attached hydrogen (secondary N) is 1. The predicted molar refractivity (Wildman–Crippen MR) is 102 cm³/mol. The number of hydrogen-bond donors (Lipinski definition) is 1. The summed E-state index contributed by atoms with van der Waals surface area (Å²) in [5.41, 5.74) is 0. The van der Waals surface area contributed by atoms with Crippen molar-refractivity contribution < 1.29 is 8.85 Å². The minimum atomic E-state index is -1.66. The van der Waals surface area contributed by atoms with E-state index in [0.717, 1.165) is 19.6 Å². The highest BCUT2D eigenvalue weighted by atomic mass is 28.4. The van der Waals surface area contributed by atoms with Gasteiger partial charge in [-0.1, -0.05) is 41.5 Å². The van der Waals surface area contributed by atoms with Crippen LogP contribution in [-0.2, 0) is 8.85 Å². The zero-order valence-electron chi connectivity index (χ0n) is 16.6.